The molecule has 0 aromatic rings. The van der Waals surface area contributed by atoms with Gasteiger partial charge in [-0.3, -0.25) is 4.21 Å². The number of hydrogen-bond acceptors (Lipinski definition) is 1. The second-order valence-corrected chi connectivity index (χ2v) is 3.83. The Balaban J connectivity index is 0.000000291. The van der Waals surface area contributed by atoms with Crippen LogP contribution in [0.2, 0.25) is 0 Å². The van der Waals surface area contributed by atoms with Gasteiger partial charge in [-0.25, -0.2) is 0 Å². The summed E-state index contributed by atoms with van der Waals surface area (Å²) in [5, 5.41) is 0. The molecule has 9 heavy (non-hydrogen) atoms. The minimum atomic E-state index is -0.453. The Hall–Kier alpha value is 0.150. The fraction of sp³-hybridized carbons (Fsp3) is 1.00. The lowest BCUT2D eigenvalue weighted by Crippen LogP contribution is -1.92. The van der Waals surface area contributed by atoms with Crippen LogP contribution in [0.25, 0.3) is 0 Å². The van der Waals surface area contributed by atoms with Gasteiger partial charge in [-0.1, -0.05) is 20.8 Å². The van der Waals surface area contributed by atoms with E-state index in [0.717, 1.165) is 17.4 Å². The topological polar surface area (TPSA) is 17.1 Å². The molecular formula is C7H16OS. The second-order valence-electron chi connectivity index (χ2n) is 2.20. The minimum Gasteiger partial charge on any atom is -0.260 e. The van der Waals surface area contributed by atoms with Crippen molar-refractivity contribution in [3.8, 4) is 0 Å². The summed E-state index contributed by atoms with van der Waals surface area (Å²) in [5.74, 6) is 2.61. The second kappa shape index (κ2) is 4.98. The first-order chi connectivity index (χ1) is 4.29. The van der Waals surface area contributed by atoms with Gasteiger partial charge in [0.1, 0.15) is 0 Å². The van der Waals surface area contributed by atoms with Gasteiger partial charge in [0, 0.05) is 22.3 Å². The van der Waals surface area contributed by atoms with Crippen LogP contribution < -0.4 is 0 Å². The largest absolute Gasteiger partial charge is 0.260 e. The SMILES string of the molecule is CC.CC1CCS(=O)C1. The van der Waals surface area contributed by atoms with Crippen molar-refractivity contribution in [2.45, 2.75) is 27.2 Å². The summed E-state index contributed by atoms with van der Waals surface area (Å²) in [4.78, 5) is 0. The van der Waals surface area contributed by atoms with Gasteiger partial charge in [0.2, 0.25) is 0 Å². The third-order valence-corrected chi connectivity index (χ3v) is 2.94. The van der Waals surface area contributed by atoms with Crippen LogP contribution in [0.4, 0.5) is 0 Å². The van der Waals surface area contributed by atoms with Crippen molar-refractivity contribution in [1.82, 2.24) is 0 Å². The molecule has 2 heteroatoms. The highest BCUT2D eigenvalue weighted by molar-refractivity contribution is 7.85. The molecule has 2 unspecified atom stereocenters. The number of hydrogen-bond donors (Lipinski definition) is 0. The van der Waals surface area contributed by atoms with Crippen LogP contribution in [-0.2, 0) is 10.8 Å². The van der Waals surface area contributed by atoms with E-state index in [1.54, 1.807) is 0 Å². The van der Waals surface area contributed by atoms with Gasteiger partial charge in [-0.05, 0) is 12.3 Å². The molecule has 1 aliphatic rings. The third-order valence-electron chi connectivity index (χ3n) is 1.31. The predicted molar refractivity (Wildman–Crippen MR) is 43.0 cm³/mol. The molecule has 0 amide bonds. The van der Waals surface area contributed by atoms with Crippen LogP contribution in [0.3, 0.4) is 0 Å². The fourth-order valence-electron chi connectivity index (χ4n) is 0.817. The molecule has 1 heterocycles. The van der Waals surface area contributed by atoms with Crippen molar-refractivity contribution in [3.05, 3.63) is 0 Å². The standard InChI is InChI=1S/C5H10OS.C2H6/c1-5-2-3-7(6)4-5;1-2/h5H,2-4H2,1H3;1-2H3. The first-order valence-electron chi connectivity index (χ1n) is 3.64. The Kier molecular flexibility index (Phi) is 5.06. The Labute approximate surface area is 60.3 Å². The molecule has 56 valence electrons. The lowest BCUT2D eigenvalue weighted by molar-refractivity contribution is 0.664. The lowest BCUT2D eigenvalue weighted by atomic mass is 10.2. The Morgan fingerprint density at radius 1 is 1.44 bits per heavy atom. The van der Waals surface area contributed by atoms with E-state index in [9.17, 15) is 4.21 Å². The summed E-state index contributed by atoms with van der Waals surface area (Å²) < 4.78 is 10.6. The zero-order valence-corrected chi connectivity index (χ0v) is 7.33. The lowest BCUT2D eigenvalue weighted by Gasteiger charge is -1.89. The molecule has 1 nitrogen and oxygen atoms in total. The summed E-state index contributed by atoms with van der Waals surface area (Å²) in [6, 6.07) is 0. The molecule has 1 aliphatic heterocycles. The van der Waals surface area contributed by atoms with Crippen LogP contribution in [0, 0.1) is 5.92 Å². The molecule has 0 spiro atoms. The normalized spacial score (nSPS) is 33.2. The highest BCUT2D eigenvalue weighted by Crippen LogP contribution is 2.12. The van der Waals surface area contributed by atoms with Gasteiger partial charge in [0.05, 0.1) is 0 Å². The van der Waals surface area contributed by atoms with Crippen molar-refractivity contribution >= 4 is 10.8 Å². The molecule has 0 aliphatic carbocycles. The third kappa shape index (κ3) is 3.68. The molecule has 0 aromatic heterocycles. The molecule has 0 saturated carbocycles. The average Bonchev–Trinajstić information content (AvgIpc) is 2.20. The smallest absolute Gasteiger partial charge is 0.0260 e. The highest BCUT2D eigenvalue weighted by atomic mass is 32.2. The van der Waals surface area contributed by atoms with E-state index in [0.29, 0.717) is 0 Å². The van der Waals surface area contributed by atoms with Gasteiger partial charge < -0.3 is 0 Å². The Morgan fingerprint density at radius 3 is 2.11 bits per heavy atom. The van der Waals surface area contributed by atoms with Crippen molar-refractivity contribution < 1.29 is 4.21 Å². The molecule has 0 bridgehead atoms. The minimum absolute atomic E-state index is 0.453. The zero-order chi connectivity index (χ0) is 7.28. The van der Waals surface area contributed by atoms with Gasteiger partial charge in [0.15, 0.2) is 0 Å². The van der Waals surface area contributed by atoms with Crippen LogP contribution in [-0.4, -0.2) is 15.7 Å². The Morgan fingerprint density at radius 2 is 2.00 bits per heavy atom. The first kappa shape index (κ1) is 9.15. The first-order valence-corrected chi connectivity index (χ1v) is 5.13. The quantitative estimate of drug-likeness (QED) is 0.512. The van der Waals surface area contributed by atoms with Crippen LogP contribution >= 0.6 is 0 Å². The maximum atomic E-state index is 10.6. The van der Waals surface area contributed by atoms with Crippen molar-refractivity contribution in [1.29, 1.82) is 0 Å². The van der Waals surface area contributed by atoms with E-state index in [4.69, 9.17) is 0 Å². The molecule has 0 N–H and O–H groups in total. The molecule has 1 saturated heterocycles. The van der Waals surface area contributed by atoms with E-state index in [2.05, 4.69) is 6.92 Å². The summed E-state index contributed by atoms with van der Waals surface area (Å²) in [5.41, 5.74) is 0. The van der Waals surface area contributed by atoms with Crippen molar-refractivity contribution in [2.24, 2.45) is 5.92 Å². The van der Waals surface area contributed by atoms with Gasteiger partial charge in [-0.15, -0.1) is 0 Å². The van der Waals surface area contributed by atoms with Gasteiger partial charge >= 0.3 is 0 Å². The van der Waals surface area contributed by atoms with Gasteiger partial charge in [-0.2, -0.15) is 0 Å². The van der Waals surface area contributed by atoms with E-state index in [1.807, 2.05) is 13.8 Å². The van der Waals surface area contributed by atoms with Crippen LogP contribution in [0.15, 0.2) is 0 Å². The number of rotatable bonds is 0. The van der Waals surface area contributed by atoms with E-state index < -0.39 is 10.8 Å². The predicted octanol–water partition coefficient (Wildman–Crippen LogP) is 1.80. The highest BCUT2D eigenvalue weighted by Gasteiger charge is 2.15. The molecule has 1 fully saturated rings. The van der Waals surface area contributed by atoms with E-state index in [1.165, 1.54) is 6.42 Å². The van der Waals surface area contributed by atoms with Crippen LogP contribution in [0.1, 0.15) is 27.2 Å². The Bertz CT molecular complexity index is 90.9. The van der Waals surface area contributed by atoms with Crippen LogP contribution in [0.5, 0.6) is 0 Å². The average molecular weight is 148 g/mol. The summed E-state index contributed by atoms with van der Waals surface area (Å²) in [6.07, 6.45) is 1.17. The molecule has 1 rings (SSSR count). The summed E-state index contributed by atoms with van der Waals surface area (Å²) in [6.45, 7) is 6.16. The molecule has 0 radical (unpaired) electrons. The summed E-state index contributed by atoms with van der Waals surface area (Å²) >= 11 is 0. The van der Waals surface area contributed by atoms with Gasteiger partial charge in [0.25, 0.3) is 0 Å². The monoisotopic (exact) mass is 148 g/mol. The fourth-order valence-corrected chi connectivity index (χ4v) is 2.45. The van der Waals surface area contributed by atoms with Crippen molar-refractivity contribution in [2.75, 3.05) is 11.5 Å². The molecule has 2 atom stereocenters. The molecular weight excluding hydrogens is 132 g/mol. The van der Waals surface area contributed by atoms with E-state index in [-0.39, 0.29) is 0 Å². The van der Waals surface area contributed by atoms with Crippen molar-refractivity contribution in [3.63, 3.8) is 0 Å². The molecule has 0 aromatic carbocycles. The summed E-state index contributed by atoms with van der Waals surface area (Å²) in [7, 11) is -0.453. The maximum absolute atomic E-state index is 10.6. The maximum Gasteiger partial charge on any atom is 0.0260 e. The zero-order valence-electron chi connectivity index (χ0n) is 6.52. The van der Waals surface area contributed by atoms with E-state index >= 15 is 0 Å².